The standard InChI is InChI=1S/C18H18FN5O2/c1-21-9-14(11-4-2-5-12(19)8-11)24-17-13-6-3-7-15(26-18(20)25)16(13)22-10-23-17/h2-8,10,14,21H,9H2,1H3,(H2,20,25)(H,22,23,24). The van der Waals surface area contributed by atoms with Crippen LogP contribution in [0.5, 0.6) is 5.75 Å². The van der Waals surface area contributed by atoms with Gasteiger partial charge in [-0.05, 0) is 36.9 Å². The number of fused-ring (bicyclic) bond motifs is 1. The number of ether oxygens (including phenoxy) is 1. The minimum atomic E-state index is -0.918. The van der Waals surface area contributed by atoms with Crippen LogP contribution in [0.15, 0.2) is 48.8 Å². The van der Waals surface area contributed by atoms with E-state index in [2.05, 4.69) is 20.6 Å². The van der Waals surface area contributed by atoms with Crippen LogP contribution in [0, 0.1) is 5.82 Å². The molecule has 134 valence electrons. The Labute approximate surface area is 149 Å². The number of carbonyl (C=O) groups is 1. The molecule has 2 aromatic carbocycles. The van der Waals surface area contributed by atoms with Gasteiger partial charge in [-0.15, -0.1) is 0 Å². The predicted molar refractivity (Wildman–Crippen MR) is 96.4 cm³/mol. The number of hydrogen-bond acceptors (Lipinski definition) is 6. The summed E-state index contributed by atoms with van der Waals surface area (Å²) in [4.78, 5) is 19.5. The van der Waals surface area contributed by atoms with Crippen LogP contribution < -0.4 is 21.1 Å². The molecular weight excluding hydrogens is 337 g/mol. The molecule has 0 fully saturated rings. The Hall–Kier alpha value is -3.26. The first-order valence-corrected chi connectivity index (χ1v) is 7.96. The fourth-order valence-electron chi connectivity index (χ4n) is 2.71. The van der Waals surface area contributed by atoms with E-state index in [1.807, 2.05) is 13.1 Å². The highest BCUT2D eigenvalue weighted by Gasteiger charge is 2.16. The van der Waals surface area contributed by atoms with Crippen LogP contribution in [-0.2, 0) is 0 Å². The summed E-state index contributed by atoms with van der Waals surface area (Å²) in [5.41, 5.74) is 6.32. The number of halogens is 1. The van der Waals surface area contributed by atoms with Crippen LogP contribution in [0.2, 0.25) is 0 Å². The van der Waals surface area contributed by atoms with E-state index in [0.717, 1.165) is 5.56 Å². The van der Waals surface area contributed by atoms with Gasteiger partial charge < -0.3 is 21.1 Å². The Balaban J connectivity index is 1.99. The minimum absolute atomic E-state index is 0.227. The quantitative estimate of drug-likeness (QED) is 0.628. The fourth-order valence-corrected chi connectivity index (χ4v) is 2.71. The smallest absolute Gasteiger partial charge is 0.408 e. The topological polar surface area (TPSA) is 102 Å². The van der Waals surface area contributed by atoms with E-state index < -0.39 is 6.09 Å². The third-order valence-electron chi connectivity index (χ3n) is 3.81. The number of rotatable bonds is 6. The van der Waals surface area contributed by atoms with Crippen molar-refractivity contribution < 1.29 is 13.9 Å². The summed E-state index contributed by atoms with van der Waals surface area (Å²) in [6.45, 7) is 0.548. The molecule has 1 atom stereocenters. The van der Waals surface area contributed by atoms with E-state index in [4.69, 9.17) is 10.5 Å². The Morgan fingerprint density at radius 3 is 2.81 bits per heavy atom. The highest BCUT2D eigenvalue weighted by molar-refractivity contribution is 5.94. The van der Waals surface area contributed by atoms with Gasteiger partial charge in [-0.1, -0.05) is 18.2 Å². The molecule has 1 heterocycles. The third-order valence-corrected chi connectivity index (χ3v) is 3.81. The van der Waals surface area contributed by atoms with Crippen LogP contribution in [0.1, 0.15) is 11.6 Å². The molecule has 3 aromatic rings. The lowest BCUT2D eigenvalue weighted by Crippen LogP contribution is -2.24. The van der Waals surface area contributed by atoms with Crippen LogP contribution in [0.3, 0.4) is 0 Å². The Morgan fingerprint density at radius 2 is 2.08 bits per heavy atom. The number of aromatic nitrogens is 2. The minimum Gasteiger partial charge on any atom is -0.408 e. The number of para-hydroxylation sites is 1. The van der Waals surface area contributed by atoms with E-state index >= 15 is 0 Å². The number of nitrogens with two attached hydrogens (primary N) is 1. The first-order chi connectivity index (χ1) is 12.6. The number of nitrogens with zero attached hydrogens (tertiary/aromatic N) is 2. The van der Waals surface area contributed by atoms with Crippen molar-refractivity contribution in [3.63, 3.8) is 0 Å². The van der Waals surface area contributed by atoms with Gasteiger partial charge in [0.05, 0.1) is 6.04 Å². The van der Waals surface area contributed by atoms with E-state index in [9.17, 15) is 9.18 Å². The SMILES string of the molecule is CNCC(Nc1ncnc2c(OC(N)=O)cccc12)c1cccc(F)c1. The molecule has 1 unspecified atom stereocenters. The van der Waals surface area contributed by atoms with Gasteiger partial charge in [0, 0.05) is 11.9 Å². The Bertz CT molecular complexity index is 934. The second kappa shape index (κ2) is 7.75. The highest BCUT2D eigenvalue weighted by atomic mass is 19.1. The number of amides is 1. The van der Waals surface area contributed by atoms with Crippen molar-refractivity contribution in [3.05, 3.63) is 60.2 Å². The zero-order valence-electron chi connectivity index (χ0n) is 14.1. The summed E-state index contributed by atoms with van der Waals surface area (Å²) in [7, 11) is 1.81. The van der Waals surface area contributed by atoms with E-state index in [1.165, 1.54) is 18.5 Å². The molecule has 8 heteroatoms. The summed E-state index contributed by atoms with van der Waals surface area (Å²) < 4.78 is 18.6. The van der Waals surface area contributed by atoms with Crippen molar-refractivity contribution in [2.75, 3.05) is 18.9 Å². The molecule has 0 bridgehead atoms. The maximum absolute atomic E-state index is 13.6. The molecule has 0 aliphatic carbocycles. The molecular formula is C18H18FN5O2. The second-order valence-corrected chi connectivity index (χ2v) is 5.61. The zero-order chi connectivity index (χ0) is 18.5. The monoisotopic (exact) mass is 355 g/mol. The number of benzene rings is 2. The molecule has 7 nitrogen and oxygen atoms in total. The summed E-state index contributed by atoms with van der Waals surface area (Å²) in [5, 5.41) is 7.03. The average Bonchev–Trinajstić information content (AvgIpc) is 2.61. The molecule has 4 N–H and O–H groups in total. The van der Waals surface area contributed by atoms with Gasteiger partial charge in [0.15, 0.2) is 5.75 Å². The zero-order valence-corrected chi connectivity index (χ0v) is 14.1. The van der Waals surface area contributed by atoms with Gasteiger partial charge in [0.25, 0.3) is 0 Å². The van der Waals surface area contributed by atoms with E-state index in [1.54, 1.807) is 24.3 Å². The summed E-state index contributed by atoms with van der Waals surface area (Å²) in [5.74, 6) is 0.473. The van der Waals surface area contributed by atoms with Gasteiger partial charge in [-0.25, -0.2) is 19.2 Å². The van der Waals surface area contributed by atoms with Crippen molar-refractivity contribution in [1.29, 1.82) is 0 Å². The fraction of sp³-hybridized carbons (Fsp3) is 0.167. The largest absolute Gasteiger partial charge is 0.410 e. The van der Waals surface area contributed by atoms with Crippen molar-refractivity contribution in [3.8, 4) is 5.75 Å². The highest BCUT2D eigenvalue weighted by Crippen LogP contribution is 2.29. The van der Waals surface area contributed by atoms with Gasteiger partial charge in [-0.3, -0.25) is 0 Å². The predicted octanol–water partition coefficient (Wildman–Crippen LogP) is 2.60. The lowest BCUT2D eigenvalue weighted by Gasteiger charge is -2.20. The van der Waals surface area contributed by atoms with Crippen LogP contribution in [-0.4, -0.2) is 29.7 Å². The number of likely N-dealkylation sites (N-methyl/N-ethyl adjacent to an activating group) is 1. The maximum atomic E-state index is 13.6. The first kappa shape index (κ1) is 17.6. The molecule has 1 amide bonds. The van der Waals surface area contributed by atoms with Crippen molar-refractivity contribution in [2.24, 2.45) is 5.73 Å². The molecule has 0 aliphatic heterocycles. The number of hydrogen-bond donors (Lipinski definition) is 3. The van der Waals surface area contributed by atoms with Crippen molar-refractivity contribution in [1.82, 2.24) is 15.3 Å². The Kier molecular flexibility index (Phi) is 5.23. The van der Waals surface area contributed by atoms with Crippen LogP contribution in [0.4, 0.5) is 15.0 Å². The van der Waals surface area contributed by atoms with Gasteiger partial charge in [0.1, 0.15) is 23.5 Å². The number of nitrogens with one attached hydrogen (secondary N) is 2. The van der Waals surface area contributed by atoms with E-state index in [0.29, 0.717) is 23.3 Å². The lowest BCUT2D eigenvalue weighted by molar-refractivity contribution is 0.211. The lowest BCUT2D eigenvalue weighted by atomic mass is 10.1. The van der Waals surface area contributed by atoms with Gasteiger partial charge >= 0.3 is 6.09 Å². The maximum Gasteiger partial charge on any atom is 0.410 e. The molecule has 0 radical (unpaired) electrons. The summed E-state index contributed by atoms with van der Waals surface area (Å²) in [6.07, 6.45) is 0.444. The molecule has 0 saturated heterocycles. The molecule has 3 rings (SSSR count). The van der Waals surface area contributed by atoms with Gasteiger partial charge in [0.2, 0.25) is 0 Å². The van der Waals surface area contributed by atoms with E-state index in [-0.39, 0.29) is 17.6 Å². The molecule has 1 aromatic heterocycles. The number of anilines is 1. The molecule has 0 aliphatic rings. The van der Waals surface area contributed by atoms with Crippen LogP contribution in [0.25, 0.3) is 10.9 Å². The summed E-state index contributed by atoms with van der Waals surface area (Å²) >= 11 is 0. The first-order valence-electron chi connectivity index (χ1n) is 7.96. The number of primary amides is 1. The second-order valence-electron chi connectivity index (χ2n) is 5.61. The summed E-state index contributed by atoms with van der Waals surface area (Å²) in [6, 6.07) is 11.2. The Morgan fingerprint density at radius 1 is 1.27 bits per heavy atom. The number of carbonyl (C=O) groups excluding carboxylic acids is 1. The normalized spacial score (nSPS) is 11.9. The third kappa shape index (κ3) is 3.86. The van der Waals surface area contributed by atoms with Crippen molar-refractivity contribution >= 4 is 22.8 Å². The van der Waals surface area contributed by atoms with Crippen LogP contribution >= 0.6 is 0 Å². The molecule has 0 spiro atoms. The van der Waals surface area contributed by atoms with Gasteiger partial charge in [-0.2, -0.15) is 0 Å². The molecule has 26 heavy (non-hydrogen) atoms. The molecule has 0 saturated carbocycles. The van der Waals surface area contributed by atoms with Crippen molar-refractivity contribution in [2.45, 2.75) is 6.04 Å². The average molecular weight is 355 g/mol.